The molecular formula is C17H22N4O2. The summed E-state index contributed by atoms with van der Waals surface area (Å²) in [6, 6.07) is 10.3. The number of carbonyl (C=O) groups is 1. The molecule has 0 saturated carbocycles. The molecule has 1 aromatic carbocycles. The molecule has 0 radical (unpaired) electrons. The summed E-state index contributed by atoms with van der Waals surface area (Å²) < 4.78 is 5.11. The molecule has 3 rings (SSSR count). The number of anilines is 1. The van der Waals surface area contributed by atoms with Crippen molar-refractivity contribution in [3.05, 3.63) is 47.3 Å². The summed E-state index contributed by atoms with van der Waals surface area (Å²) in [5.74, 6) is 0.761. The molecule has 0 bridgehead atoms. The maximum Gasteiger partial charge on any atom is 0.317 e. The summed E-state index contributed by atoms with van der Waals surface area (Å²) in [7, 11) is 0. The van der Waals surface area contributed by atoms with Gasteiger partial charge in [0.05, 0.1) is 5.69 Å². The van der Waals surface area contributed by atoms with E-state index >= 15 is 0 Å². The lowest BCUT2D eigenvalue weighted by molar-refractivity contribution is 0.194. The second-order valence-corrected chi connectivity index (χ2v) is 5.77. The van der Waals surface area contributed by atoms with Gasteiger partial charge in [-0.15, -0.1) is 0 Å². The monoisotopic (exact) mass is 314 g/mol. The third-order valence-corrected chi connectivity index (χ3v) is 4.29. The first-order chi connectivity index (χ1) is 11.1. The van der Waals surface area contributed by atoms with Gasteiger partial charge in [-0.25, -0.2) is 4.79 Å². The number of hydrogen-bond acceptors (Lipinski definition) is 4. The van der Waals surface area contributed by atoms with Gasteiger partial charge in [0.15, 0.2) is 0 Å². The number of amides is 2. The number of urea groups is 1. The van der Waals surface area contributed by atoms with E-state index in [1.54, 1.807) is 0 Å². The van der Waals surface area contributed by atoms with Crippen LogP contribution >= 0.6 is 0 Å². The van der Waals surface area contributed by atoms with Crippen LogP contribution in [0.4, 0.5) is 10.5 Å². The molecule has 1 aromatic heterocycles. The van der Waals surface area contributed by atoms with Gasteiger partial charge in [-0.3, -0.25) is 0 Å². The van der Waals surface area contributed by atoms with Crippen LogP contribution in [-0.2, 0) is 6.54 Å². The number of aryl methyl sites for hydroxylation is 2. The number of rotatable bonds is 3. The van der Waals surface area contributed by atoms with E-state index in [4.69, 9.17) is 4.52 Å². The first kappa shape index (κ1) is 15.4. The molecule has 1 aliphatic rings. The zero-order chi connectivity index (χ0) is 16.2. The van der Waals surface area contributed by atoms with E-state index in [1.165, 1.54) is 5.69 Å². The minimum absolute atomic E-state index is 0.0299. The first-order valence-corrected chi connectivity index (χ1v) is 7.89. The van der Waals surface area contributed by atoms with Gasteiger partial charge >= 0.3 is 6.03 Å². The molecule has 2 aromatic rings. The number of para-hydroxylation sites is 1. The molecule has 122 valence electrons. The summed E-state index contributed by atoms with van der Waals surface area (Å²) in [5, 5.41) is 6.86. The third kappa shape index (κ3) is 3.47. The zero-order valence-corrected chi connectivity index (χ0v) is 13.6. The van der Waals surface area contributed by atoms with E-state index in [-0.39, 0.29) is 6.03 Å². The molecular weight excluding hydrogens is 292 g/mol. The lowest BCUT2D eigenvalue weighted by atomic mass is 10.2. The first-order valence-electron chi connectivity index (χ1n) is 7.89. The molecule has 1 fully saturated rings. The molecule has 2 amide bonds. The van der Waals surface area contributed by atoms with Crippen LogP contribution in [0.2, 0.25) is 0 Å². The van der Waals surface area contributed by atoms with Gasteiger partial charge < -0.3 is 19.6 Å². The van der Waals surface area contributed by atoms with E-state index < -0.39 is 0 Å². The van der Waals surface area contributed by atoms with Crippen LogP contribution in [-0.4, -0.2) is 42.3 Å². The minimum Gasteiger partial charge on any atom is -0.368 e. The fourth-order valence-corrected chi connectivity index (χ4v) is 2.84. The Kier molecular flexibility index (Phi) is 4.50. The average molecular weight is 314 g/mol. The normalized spacial score (nSPS) is 14.9. The van der Waals surface area contributed by atoms with Gasteiger partial charge in [-0.05, 0) is 26.0 Å². The lowest BCUT2D eigenvalue weighted by Crippen LogP contribution is -2.51. The smallest absolute Gasteiger partial charge is 0.317 e. The highest BCUT2D eigenvalue weighted by atomic mass is 16.5. The van der Waals surface area contributed by atoms with Crippen molar-refractivity contribution in [2.75, 3.05) is 31.1 Å². The van der Waals surface area contributed by atoms with Crippen molar-refractivity contribution in [3.8, 4) is 0 Å². The highest BCUT2D eigenvalue weighted by molar-refractivity contribution is 5.74. The third-order valence-electron chi connectivity index (χ3n) is 4.29. The molecule has 6 nitrogen and oxygen atoms in total. The quantitative estimate of drug-likeness (QED) is 0.944. The Hall–Kier alpha value is -2.50. The van der Waals surface area contributed by atoms with Crippen LogP contribution < -0.4 is 10.2 Å². The number of aromatic nitrogens is 1. The second-order valence-electron chi connectivity index (χ2n) is 5.77. The maximum atomic E-state index is 12.3. The van der Waals surface area contributed by atoms with Gasteiger partial charge in [0.25, 0.3) is 0 Å². The van der Waals surface area contributed by atoms with Crippen LogP contribution in [0.5, 0.6) is 0 Å². The zero-order valence-electron chi connectivity index (χ0n) is 13.6. The van der Waals surface area contributed by atoms with E-state index in [2.05, 4.69) is 27.5 Å². The van der Waals surface area contributed by atoms with Crippen molar-refractivity contribution in [1.29, 1.82) is 0 Å². The van der Waals surface area contributed by atoms with Crippen LogP contribution in [0.15, 0.2) is 34.9 Å². The number of carbonyl (C=O) groups excluding carboxylic acids is 1. The topological polar surface area (TPSA) is 61.6 Å². The molecule has 0 spiro atoms. The largest absolute Gasteiger partial charge is 0.368 e. The van der Waals surface area contributed by atoms with E-state index in [9.17, 15) is 4.79 Å². The summed E-state index contributed by atoms with van der Waals surface area (Å²) in [6.07, 6.45) is 0. The Morgan fingerprint density at radius 2 is 1.87 bits per heavy atom. The van der Waals surface area contributed by atoms with Gasteiger partial charge in [0.2, 0.25) is 0 Å². The summed E-state index contributed by atoms with van der Waals surface area (Å²) in [5.41, 5.74) is 3.00. The van der Waals surface area contributed by atoms with Crippen molar-refractivity contribution >= 4 is 11.7 Å². The molecule has 0 unspecified atom stereocenters. The molecule has 23 heavy (non-hydrogen) atoms. The van der Waals surface area contributed by atoms with Crippen molar-refractivity contribution < 1.29 is 9.32 Å². The Labute approximate surface area is 136 Å². The molecule has 2 heterocycles. The van der Waals surface area contributed by atoms with Crippen molar-refractivity contribution in [2.45, 2.75) is 20.4 Å². The van der Waals surface area contributed by atoms with Gasteiger partial charge in [-0.2, -0.15) is 0 Å². The van der Waals surface area contributed by atoms with Gasteiger partial charge in [0.1, 0.15) is 5.76 Å². The summed E-state index contributed by atoms with van der Waals surface area (Å²) in [6.45, 7) is 7.35. The van der Waals surface area contributed by atoms with Crippen molar-refractivity contribution in [1.82, 2.24) is 15.4 Å². The highest BCUT2D eigenvalue weighted by Gasteiger charge is 2.21. The van der Waals surface area contributed by atoms with Crippen molar-refractivity contribution in [3.63, 3.8) is 0 Å². The van der Waals surface area contributed by atoms with E-state index in [0.717, 1.165) is 43.2 Å². The molecule has 0 aliphatic carbocycles. The molecule has 1 saturated heterocycles. The number of benzene rings is 1. The Balaban J connectivity index is 1.50. The predicted octanol–water partition coefficient (Wildman–Crippen LogP) is 2.32. The second kappa shape index (κ2) is 6.73. The molecule has 1 aliphatic heterocycles. The number of hydrogen-bond donors (Lipinski definition) is 1. The van der Waals surface area contributed by atoms with Crippen LogP contribution in [0.25, 0.3) is 0 Å². The Morgan fingerprint density at radius 3 is 2.48 bits per heavy atom. The standard InChI is InChI=1S/C17H22N4O2/c1-13-16(14(2)23-19-13)12-18-17(22)21-10-8-20(9-11-21)15-6-4-3-5-7-15/h3-7H,8-12H2,1-2H3,(H,18,22). The summed E-state index contributed by atoms with van der Waals surface area (Å²) >= 11 is 0. The molecule has 6 heteroatoms. The molecule has 0 atom stereocenters. The van der Waals surface area contributed by atoms with Gasteiger partial charge in [-0.1, -0.05) is 23.4 Å². The minimum atomic E-state index is -0.0299. The Morgan fingerprint density at radius 1 is 1.17 bits per heavy atom. The lowest BCUT2D eigenvalue weighted by Gasteiger charge is -2.36. The predicted molar refractivity (Wildman–Crippen MR) is 88.4 cm³/mol. The van der Waals surface area contributed by atoms with Crippen molar-refractivity contribution in [2.24, 2.45) is 0 Å². The number of nitrogens with zero attached hydrogens (tertiary/aromatic N) is 3. The highest BCUT2D eigenvalue weighted by Crippen LogP contribution is 2.16. The maximum absolute atomic E-state index is 12.3. The van der Waals surface area contributed by atoms with Gasteiger partial charge in [0, 0.05) is 44.0 Å². The molecule has 1 N–H and O–H groups in total. The number of nitrogens with one attached hydrogen (secondary N) is 1. The fraction of sp³-hybridized carbons (Fsp3) is 0.412. The average Bonchev–Trinajstić information content (AvgIpc) is 2.92. The SMILES string of the molecule is Cc1noc(C)c1CNC(=O)N1CCN(c2ccccc2)CC1. The van der Waals surface area contributed by atoms with E-state index in [0.29, 0.717) is 6.54 Å². The van der Waals surface area contributed by atoms with Crippen LogP contribution in [0.3, 0.4) is 0 Å². The van der Waals surface area contributed by atoms with Crippen LogP contribution in [0, 0.1) is 13.8 Å². The Bertz CT molecular complexity index is 641. The summed E-state index contributed by atoms with van der Waals surface area (Å²) in [4.78, 5) is 16.5. The number of piperazine rings is 1. The fourth-order valence-electron chi connectivity index (χ4n) is 2.84. The van der Waals surface area contributed by atoms with Crippen LogP contribution in [0.1, 0.15) is 17.0 Å². The van der Waals surface area contributed by atoms with E-state index in [1.807, 2.05) is 36.9 Å².